The van der Waals surface area contributed by atoms with Gasteiger partial charge in [0.1, 0.15) is 0 Å². The Hall–Kier alpha value is -0.340. The summed E-state index contributed by atoms with van der Waals surface area (Å²) in [5.74, 6) is 3.65. The van der Waals surface area contributed by atoms with E-state index in [9.17, 15) is 10.2 Å². The highest BCUT2D eigenvalue weighted by Gasteiger charge is 2.69. The highest BCUT2D eigenvalue weighted by Crippen LogP contribution is 2.76. The van der Waals surface area contributed by atoms with Gasteiger partial charge in [0.05, 0.1) is 11.2 Å². The fourth-order valence-electron chi connectivity index (χ4n) is 11.2. The number of hydrogen-bond acceptors (Lipinski definition) is 2. The summed E-state index contributed by atoms with van der Waals surface area (Å²) in [6.07, 6.45) is 13.4. The Labute approximate surface area is 204 Å². The molecule has 0 radical (unpaired) electrons. The van der Waals surface area contributed by atoms with Crippen molar-refractivity contribution < 1.29 is 10.2 Å². The third kappa shape index (κ3) is 3.04. The maximum atomic E-state index is 11.4. The van der Waals surface area contributed by atoms with Crippen LogP contribution in [0, 0.1) is 51.2 Å². The van der Waals surface area contributed by atoms with Crippen molar-refractivity contribution >= 4 is 0 Å². The third-order valence-electron chi connectivity index (χ3n) is 13.7. The minimum Gasteiger partial charge on any atom is -0.387 e. The summed E-state index contributed by atoms with van der Waals surface area (Å²) in [4.78, 5) is 0. The number of rotatable bonds is 2. The lowest BCUT2D eigenvalue weighted by Gasteiger charge is -2.72. The molecule has 0 aromatic heterocycles. The van der Waals surface area contributed by atoms with E-state index >= 15 is 0 Å². The minimum absolute atomic E-state index is 0.294. The van der Waals surface area contributed by atoms with Gasteiger partial charge >= 0.3 is 0 Å². The lowest BCUT2D eigenvalue weighted by molar-refractivity contribution is -0.247. The van der Waals surface area contributed by atoms with Crippen molar-refractivity contribution in [3.05, 3.63) is 12.2 Å². The zero-order valence-corrected chi connectivity index (χ0v) is 22.8. The van der Waals surface area contributed by atoms with Crippen LogP contribution in [-0.2, 0) is 0 Å². The maximum Gasteiger partial charge on any atom is 0.0930 e. The molecular formula is C31H52O2. The number of aliphatic hydroxyl groups is 2. The first-order valence-corrected chi connectivity index (χ1v) is 14.2. The molecule has 0 aromatic rings. The van der Waals surface area contributed by atoms with Crippen LogP contribution in [0.4, 0.5) is 0 Å². The highest BCUT2D eigenvalue weighted by molar-refractivity contribution is 5.20. The van der Waals surface area contributed by atoms with Gasteiger partial charge in [-0.1, -0.05) is 39.8 Å². The molecule has 0 bridgehead atoms. The molecule has 5 saturated carbocycles. The van der Waals surface area contributed by atoms with Crippen molar-refractivity contribution in [2.45, 2.75) is 130 Å². The van der Waals surface area contributed by atoms with E-state index in [0.717, 1.165) is 42.9 Å². The summed E-state index contributed by atoms with van der Waals surface area (Å²) in [6.45, 7) is 21.0. The summed E-state index contributed by atoms with van der Waals surface area (Å²) in [7, 11) is 0. The van der Waals surface area contributed by atoms with Crippen LogP contribution in [0.15, 0.2) is 12.2 Å². The Balaban J connectivity index is 1.49. The molecule has 5 aliphatic rings. The van der Waals surface area contributed by atoms with Gasteiger partial charge in [0.15, 0.2) is 0 Å². The van der Waals surface area contributed by atoms with Gasteiger partial charge in [-0.05, 0) is 143 Å². The summed E-state index contributed by atoms with van der Waals surface area (Å²) in [5, 5.41) is 22.2. The number of allylic oxidation sites excluding steroid dienone is 1. The summed E-state index contributed by atoms with van der Waals surface area (Å²) in [6, 6.07) is 0. The van der Waals surface area contributed by atoms with Crippen molar-refractivity contribution in [2.24, 2.45) is 51.2 Å². The van der Waals surface area contributed by atoms with E-state index in [-0.39, 0.29) is 0 Å². The number of fused-ring (bicyclic) bond motifs is 7. The second-order valence-electron chi connectivity index (χ2n) is 15.3. The molecule has 0 spiro atoms. The predicted octanol–water partition coefficient (Wildman–Crippen LogP) is 7.53. The van der Waals surface area contributed by atoms with Gasteiger partial charge in [-0.15, -0.1) is 0 Å². The molecule has 0 amide bonds. The largest absolute Gasteiger partial charge is 0.387 e. The first kappa shape index (κ1) is 24.4. The Morgan fingerprint density at radius 2 is 1.55 bits per heavy atom. The molecule has 2 nitrogen and oxygen atoms in total. The first-order valence-electron chi connectivity index (χ1n) is 14.2. The lowest BCUT2D eigenvalue weighted by atomic mass is 9.33. The van der Waals surface area contributed by atoms with Crippen LogP contribution in [0.5, 0.6) is 0 Å². The second kappa shape index (κ2) is 7.12. The molecule has 0 heterocycles. The van der Waals surface area contributed by atoms with Crippen LogP contribution in [0.2, 0.25) is 0 Å². The monoisotopic (exact) mass is 456 g/mol. The Kier molecular flexibility index (Phi) is 5.25. The molecule has 0 aromatic carbocycles. The van der Waals surface area contributed by atoms with Crippen molar-refractivity contribution in [1.82, 2.24) is 0 Å². The molecule has 0 aliphatic heterocycles. The smallest absolute Gasteiger partial charge is 0.0930 e. The summed E-state index contributed by atoms with van der Waals surface area (Å²) < 4.78 is 0. The molecule has 5 aliphatic carbocycles. The SMILES string of the molecule is C=C(C)[C@@H]1CC[C@@]2(C)CC[C@]3(C)[C@H](CC[C@H]4[C@@]5(C)CC[C@@](O)(C(C)(C)O)C[C@H]5CC[C@@]43C)[C@@H]12. The molecular weight excluding hydrogens is 404 g/mol. The molecule has 0 unspecified atom stereocenters. The van der Waals surface area contributed by atoms with Crippen molar-refractivity contribution in [3.8, 4) is 0 Å². The minimum atomic E-state index is -1.02. The van der Waals surface area contributed by atoms with Gasteiger partial charge in [0, 0.05) is 0 Å². The van der Waals surface area contributed by atoms with Crippen LogP contribution in [0.1, 0.15) is 119 Å². The topological polar surface area (TPSA) is 40.5 Å². The van der Waals surface area contributed by atoms with Crippen LogP contribution >= 0.6 is 0 Å². The Bertz CT molecular complexity index is 825. The maximum absolute atomic E-state index is 11.4. The molecule has 2 heteroatoms. The predicted molar refractivity (Wildman–Crippen MR) is 137 cm³/mol. The van der Waals surface area contributed by atoms with E-state index in [1.165, 1.54) is 56.9 Å². The summed E-state index contributed by atoms with van der Waals surface area (Å²) >= 11 is 0. The van der Waals surface area contributed by atoms with Gasteiger partial charge in [-0.25, -0.2) is 0 Å². The molecule has 2 N–H and O–H groups in total. The Morgan fingerprint density at radius 3 is 2.18 bits per heavy atom. The van der Waals surface area contributed by atoms with E-state index in [1.807, 2.05) is 13.8 Å². The van der Waals surface area contributed by atoms with Gasteiger partial charge < -0.3 is 10.2 Å². The zero-order chi connectivity index (χ0) is 24.2. The zero-order valence-electron chi connectivity index (χ0n) is 22.8. The normalized spacial score (nSPS) is 56.3. The van der Waals surface area contributed by atoms with E-state index in [2.05, 4.69) is 41.2 Å². The summed E-state index contributed by atoms with van der Waals surface area (Å²) in [5.41, 5.74) is 1.10. The average Bonchev–Trinajstić information content (AvgIpc) is 3.07. The number of hydrogen-bond donors (Lipinski definition) is 2. The van der Waals surface area contributed by atoms with E-state index in [1.54, 1.807) is 0 Å². The third-order valence-corrected chi connectivity index (χ3v) is 13.7. The van der Waals surface area contributed by atoms with Crippen molar-refractivity contribution in [1.29, 1.82) is 0 Å². The Morgan fingerprint density at radius 1 is 0.848 bits per heavy atom. The molecule has 5 fully saturated rings. The second-order valence-corrected chi connectivity index (χ2v) is 15.3. The van der Waals surface area contributed by atoms with Crippen LogP contribution < -0.4 is 0 Å². The standard InChI is InChI=1S/C31H52O2/c1-20(2)22-12-13-27(5)15-17-29(7)23(25(22)27)9-10-24-28(6)16-18-31(33,26(3,4)32)19-21(28)11-14-30(24,29)8/h21-25,32-33H,1,9-19H2,2-8H3/t21-,22+,23-,24+,25-,27+,28+,29-,30+,31+/m1/s1. The highest BCUT2D eigenvalue weighted by atomic mass is 16.4. The molecule has 5 rings (SSSR count). The van der Waals surface area contributed by atoms with Gasteiger partial charge in [0.25, 0.3) is 0 Å². The van der Waals surface area contributed by atoms with E-state index < -0.39 is 11.2 Å². The van der Waals surface area contributed by atoms with Crippen LogP contribution in [-0.4, -0.2) is 21.4 Å². The fourth-order valence-corrected chi connectivity index (χ4v) is 11.2. The van der Waals surface area contributed by atoms with Gasteiger partial charge in [-0.2, -0.15) is 0 Å². The van der Waals surface area contributed by atoms with E-state index in [4.69, 9.17) is 0 Å². The molecule has 10 atom stereocenters. The van der Waals surface area contributed by atoms with Crippen LogP contribution in [0.3, 0.4) is 0 Å². The fraction of sp³-hybridized carbons (Fsp3) is 0.935. The quantitative estimate of drug-likeness (QED) is 0.422. The first-order chi connectivity index (χ1) is 15.1. The van der Waals surface area contributed by atoms with E-state index in [0.29, 0.717) is 27.6 Å². The molecule has 0 saturated heterocycles. The van der Waals surface area contributed by atoms with Crippen molar-refractivity contribution in [2.75, 3.05) is 0 Å². The lowest BCUT2D eigenvalue weighted by Crippen LogP contribution is -2.66. The molecule has 33 heavy (non-hydrogen) atoms. The van der Waals surface area contributed by atoms with Crippen LogP contribution in [0.25, 0.3) is 0 Å². The average molecular weight is 457 g/mol. The molecule has 188 valence electrons. The van der Waals surface area contributed by atoms with Crippen molar-refractivity contribution in [3.63, 3.8) is 0 Å². The van der Waals surface area contributed by atoms with Gasteiger partial charge in [-0.3, -0.25) is 0 Å². The van der Waals surface area contributed by atoms with Gasteiger partial charge in [0.2, 0.25) is 0 Å².